The van der Waals surface area contributed by atoms with Gasteiger partial charge in [0.1, 0.15) is 0 Å². The zero-order valence-electron chi connectivity index (χ0n) is 8.04. The molecule has 72 valence electrons. The number of benzene rings is 1. The molecule has 0 fully saturated rings. The maximum Gasteiger partial charge on any atom is 0.250 e. The minimum atomic E-state index is 0.0271. The summed E-state index contributed by atoms with van der Waals surface area (Å²) in [7, 11) is 1.79. The van der Waals surface area contributed by atoms with Crippen LogP contribution in [0.3, 0.4) is 0 Å². The highest BCUT2D eigenvalue weighted by Gasteiger charge is 2.03. The van der Waals surface area contributed by atoms with E-state index in [1.165, 1.54) is 0 Å². The van der Waals surface area contributed by atoms with Crippen molar-refractivity contribution in [1.29, 1.82) is 0 Å². The minimum absolute atomic E-state index is 0.0271. The maximum atomic E-state index is 11.4. The number of aromatic nitrogens is 1. The van der Waals surface area contributed by atoms with Crippen LogP contribution in [0.5, 0.6) is 0 Å². The molecule has 2 rings (SSSR count). The number of hydrogen-bond acceptors (Lipinski definition) is 1. The zero-order valence-corrected chi connectivity index (χ0v) is 9.63. The highest BCUT2D eigenvalue weighted by Crippen LogP contribution is 2.23. The molecule has 0 N–H and O–H groups in total. The van der Waals surface area contributed by atoms with Crippen LogP contribution in [-0.4, -0.2) is 4.57 Å². The summed E-state index contributed by atoms with van der Waals surface area (Å²) in [5.41, 5.74) is 2.16. The highest BCUT2D eigenvalue weighted by molar-refractivity contribution is 9.10. The van der Waals surface area contributed by atoms with E-state index in [1.807, 2.05) is 25.1 Å². The normalized spacial score (nSPS) is 10.8. The van der Waals surface area contributed by atoms with Crippen LogP contribution in [-0.2, 0) is 7.05 Å². The Hall–Kier alpha value is -1.09. The lowest BCUT2D eigenvalue weighted by molar-refractivity contribution is 0.905. The standard InChI is InChI=1S/C11H10BrNO/c1-7-8-3-6-11(14)13(2)10(8)5-4-9(7)12/h3-6H,1-2H3. The van der Waals surface area contributed by atoms with Crippen LogP contribution in [0, 0.1) is 6.92 Å². The number of aryl methyl sites for hydroxylation is 2. The second-order valence-corrected chi connectivity index (χ2v) is 4.19. The van der Waals surface area contributed by atoms with E-state index >= 15 is 0 Å². The predicted molar refractivity (Wildman–Crippen MR) is 61.6 cm³/mol. The maximum absolute atomic E-state index is 11.4. The van der Waals surface area contributed by atoms with Crippen molar-refractivity contribution in [2.75, 3.05) is 0 Å². The van der Waals surface area contributed by atoms with Crippen molar-refractivity contribution in [2.24, 2.45) is 7.05 Å². The molecule has 2 aromatic rings. The summed E-state index contributed by atoms with van der Waals surface area (Å²) in [6.07, 6.45) is 0. The first-order valence-corrected chi connectivity index (χ1v) is 5.15. The number of halogens is 1. The summed E-state index contributed by atoms with van der Waals surface area (Å²) in [6.45, 7) is 2.04. The quantitative estimate of drug-likeness (QED) is 0.706. The van der Waals surface area contributed by atoms with Crippen molar-refractivity contribution < 1.29 is 0 Å². The zero-order chi connectivity index (χ0) is 10.3. The molecule has 2 nitrogen and oxygen atoms in total. The fourth-order valence-corrected chi connectivity index (χ4v) is 1.92. The summed E-state index contributed by atoms with van der Waals surface area (Å²) < 4.78 is 2.73. The van der Waals surface area contributed by atoms with E-state index in [0.29, 0.717) is 0 Å². The van der Waals surface area contributed by atoms with Crippen LogP contribution in [0.1, 0.15) is 5.56 Å². The molecular weight excluding hydrogens is 242 g/mol. The first-order valence-electron chi connectivity index (χ1n) is 4.36. The van der Waals surface area contributed by atoms with E-state index in [1.54, 1.807) is 17.7 Å². The molecule has 1 aromatic heterocycles. The Kier molecular flexibility index (Phi) is 2.19. The van der Waals surface area contributed by atoms with Crippen molar-refractivity contribution >= 4 is 26.8 Å². The fourth-order valence-electron chi connectivity index (χ4n) is 1.58. The molecule has 3 heteroatoms. The Labute approximate surface area is 90.3 Å². The summed E-state index contributed by atoms with van der Waals surface area (Å²) in [4.78, 5) is 11.4. The molecule has 0 amide bonds. The molecule has 0 radical (unpaired) electrons. The summed E-state index contributed by atoms with van der Waals surface area (Å²) in [5.74, 6) is 0. The average Bonchev–Trinajstić information content (AvgIpc) is 2.17. The molecule has 0 unspecified atom stereocenters. The number of pyridine rings is 1. The molecule has 1 aromatic carbocycles. The number of fused-ring (bicyclic) bond motifs is 1. The second-order valence-electron chi connectivity index (χ2n) is 3.34. The number of hydrogen-bond donors (Lipinski definition) is 0. The fraction of sp³-hybridized carbons (Fsp3) is 0.182. The van der Waals surface area contributed by atoms with Crippen LogP contribution in [0.25, 0.3) is 10.9 Å². The van der Waals surface area contributed by atoms with Gasteiger partial charge in [0.05, 0.1) is 5.52 Å². The molecule has 0 aliphatic rings. The molecule has 0 aliphatic carbocycles. The van der Waals surface area contributed by atoms with Gasteiger partial charge in [0.15, 0.2) is 0 Å². The second kappa shape index (κ2) is 3.24. The Morgan fingerprint density at radius 3 is 2.64 bits per heavy atom. The first-order chi connectivity index (χ1) is 6.61. The van der Waals surface area contributed by atoms with E-state index in [2.05, 4.69) is 15.9 Å². The lowest BCUT2D eigenvalue weighted by Gasteiger charge is -2.07. The molecule has 0 bridgehead atoms. The van der Waals surface area contributed by atoms with Crippen LogP contribution in [0.4, 0.5) is 0 Å². The van der Waals surface area contributed by atoms with Gasteiger partial charge in [0.2, 0.25) is 0 Å². The molecule has 0 spiro atoms. The van der Waals surface area contributed by atoms with Crippen LogP contribution in [0.2, 0.25) is 0 Å². The third-order valence-electron chi connectivity index (χ3n) is 2.51. The number of rotatable bonds is 0. The van der Waals surface area contributed by atoms with E-state index < -0.39 is 0 Å². The van der Waals surface area contributed by atoms with Crippen molar-refractivity contribution in [3.8, 4) is 0 Å². The van der Waals surface area contributed by atoms with E-state index in [4.69, 9.17) is 0 Å². The molecular formula is C11H10BrNO. The van der Waals surface area contributed by atoms with E-state index in [9.17, 15) is 4.79 Å². The Balaban J connectivity index is 3.01. The predicted octanol–water partition coefficient (Wildman–Crippen LogP) is 2.61. The lowest BCUT2D eigenvalue weighted by atomic mass is 10.1. The topological polar surface area (TPSA) is 22.0 Å². The Morgan fingerprint density at radius 1 is 1.21 bits per heavy atom. The highest BCUT2D eigenvalue weighted by atomic mass is 79.9. The Bertz CT molecular complexity index is 557. The molecule has 0 saturated carbocycles. The van der Waals surface area contributed by atoms with Gasteiger partial charge in [0, 0.05) is 23.0 Å². The largest absolute Gasteiger partial charge is 0.311 e. The van der Waals surface area contributed by atoms with Gasteiger partial charge in [-0.25, -0.2) is 0 Å². The minimum Gasteiger partial charge on any atom is -0.311 e. The van der Waals surface area contributed by atoms with Gasteiger partial charge in [0.25, 0.3) is 5.56 Å². The molecule has 14 heavy (non-hydrogen) atoms. The van der Waals surface area contributed by atoms with Gasteiger partial charge in [-0.05, 0) is 30.7 Å². The smallest absolute Gasteiger partial charge is 0.250 e. The Morgan fingerprint density at radius 2 is 1.93 bits per heavy atom. The van der Waals surface area contributed by atoms with Crippen molar-refractivity contribution in [2.45, 2.75) is 6.92 Å². The molecule has 0 aliphatic heterocycles. The van der Waals surface area contributed by atoms with E-state index in [0.717, 1.165) is 20.9 Å². The van der Waals surface area contributed by atoms with Crippen LogP contribution in [0.15, 0.2) is 33.5 Å². The summed E-state index contributed by atoms with van der Waals surface area (Å²) >= 11 is 3.47. The van der Waals surface area contributed by atoms with Gasteiger partial charge in [-0.1, -0.05) is 15.9 Å². The van der Waals surface area contributed by atoms with Gasteiger partial charge < -0.3 is 4.57 Å². The third-order valence-corrected chi connectivity index (χ3v) is 3.37. The summed E-state index contributed by atoms with van der Waals surface area (Å²) in [5, 5.41) is 1.11. The van der Waals surface area contributed by atoms with Gasteiger partial charge in [-0.3, -0.25) is 4.79 Å². The van der Waals surface area contributed by atoms with Crippen molar-refractivity contribution in [1.82, 2.24) is 4.57 Å². The average molecular weight is 252 g/mol. The number of nitrogens with zero attached hydrogens (tertiary/aromatic N) is 1. The molecule has 0 atom stereocenters. The van der Waals surface area contributed by atoms with Crippen LogP contribution >= 0.6 is 15.9 Å². The SMILES string of the molecule is Cc1c(Br)ccc2c1ccc(=O)n2C. The van der Waals surface area contributed by atoms with Gasteiger partial charge in [-0.15, -0.1) is 0 Å². The first kappa shape index (κ1) is 9.46. The van der Waals surface area contributed by atoms with Crippen molar-refractivity contribution in [3.05, 3.63) is 44.7 Å². The summed E-state index contributed by atoms with van der Waals surface area (Å²) in [6, 6.07) is 7.39. The molecule has 1 heterocycles. The third kappa shape index (κ3) is 1.28. The van der Waals surface area contributed by atoms with Crippen LogP contribution < -0.4 is 5.56 Å². The van der Waals surface area contributed by atoms with E-state index in [-0.39, 0.29) is 5.56 Å². The molecule has 0 saturated heterocycles. The van der Waals surface area contributed by atoms with Gasteiger partial charge >= 0.3 is 0 Å². The lowest BCUT2D eigenvalue weighted by Crippen LogP contribution is -2.15. The van der Waals surface area contributed by atoms with Crippen molar-refractivity contribution in [3.63, 3.8) is 0 Å². The monoisotopic (exact) mass is 251 g/mol. The van der Waals surface area contributed by atoms with Gasteiger partial charge in [-0.2, -0.15) is 0 Å².